The van der Waals surface area contributed by atoms with Crippen molar-refractivity contribution < 1.29 is 9.90 Å². The minimum Gasteiger partial charge on any atom is -0.391 e. The van der Waals surface area contributed by atoms with E-state index < -0.39 is 6.10 Å². The molecule has 3 aliphatic carbocycles. The van der Waals surface area contributed by atoms with E-state index in [1.807, 2.05) is 18.0 Å². The third-order valence-electron chi connectivity index (χ3n) is 6.10. The lowest BCUT2D eigenvalue weighted by molar-refractivity contribution is -0.136. The van der Waals surface area contributed by atoms with Crippen LogP contribution in [0.5, 0.6) is 0 Å². The number of nitrogens with zero attached hydrogens (tertiary/aromatic N) is 2. The number of aliphatic hydroxyl groups excluding tert-OH is 1. The number of fused-ring (bicyclic) bond motifs is 1. The van der Waals surface area contributed by atoms with Gasteiger partial charge in [0.2, 0.25) is 5.91 Å². The Morgan fingerprint density at radius 3 is 2.46 bits per heavy atom. The topological polar surface area (TPSA) is 43.8 Å². The highest BCUT2D eigenvalue weighted by atomic mass is 35.5. The van der Waals surface area contributed by atoms with Crippen LogP contribution in [-0.4, -0.2) is 52.6 Å². The molecule has 3 aliphatic rings. The molecule has 0 heterocycles. The molecule has 1 amide bonds. The number of amides is 1. The molecule has 4 nitrogen and oxygen atoms in total. The summed E-state index contributed by atoms with van der Waals surface area (Å²) in [7, 11) is 1.91. The molecule has 2 atom stereocenters. The molecule has 6 heteroatoms. The third kappa shape index (κ3) is 3.49. The van der Waals surface area contributed by atoms with Crippen LogP contribution in [-0.2, 0) is 11.2 Å². The molecular weight excluding hydrogens is 371 g/mol. The maximum absolute atomic E-state index is 13.1. The number of aliphatic hydroxyl groups is 1. The number of halogens is 2. The second-order valence-corrected chi connectivity index (χ2v) is 8.90. The SMILES string of the molecule is CN(CC(=O)N(C1CCCC1)C1CC1)C1c2cc(Cl)cc(Cl)c2CC1O. The highest BCUT2D eigenvalue weighted by molar-refractivity contribution is 6.35. The van der Waals surface area contributed by atoms with E-state index in [4.69, 9.17) is 23.2 Å². The van der Waals surface area contributed by atoms with Gasteiger partial charge in [-0.1, -0.05) is 36.0 Å². The fraction of sp³-hybridized carbons (Fsp3) is 0.650. The van der Waals surface area contributed by atoms with E-state index >= 15 is 0 Å². The van der Waals surface area contributed by atoms with E-state index in [0.717, 1.165) is 36.8 Å². The lowest BCUT2D eigenvalue weighted by Crippen LogP contribution is -2.46. The highest BCUT2D eigenvalue weighted by Crippen LogP contribution is 2.41. The van der Waals surface area contributed by atoms with Gasteiger partial charge in [-0.15, -0.1) is 0 Å². The lowest BCUT2D eigenvalue weighted by Gasteiger charge is -2.33. The molecule has 2 saturated carbocycles. The Balaban J connectivity index is 1.51. The molecular formula is C20H26Cl2N2O2. The summed E-state index contributed by atoms with van der Waals surface area (Å²) >= 11 is 12.5. The summed E-state index contributed by atoms with van der Waals surface area (Å²) < 4.78 is 0. The largest absolute Gasteiger partial charge is 0.391 e. The zero-order valence-corrected chi connectivity index (χ0v) is 16.6. The van der Waals surface area contributed by atoms with Crippen LogP contribution in [0.25, 0.3) is 0 Å². The van der Waals surface area contributed by atoms with Crippen LogP contribution < -0.4 is 0 Å². The number of benzene rings is 1. The molecule has 1 N–H and O–H groups in total. The van der Waals surface area contributed by atoms with Gasteiger partial charge in [0, 0.05) is 28.5 Å². The van der Waals surface area contributed by atoms with E-state index in [9.17, 15) is 9.90 Å². The number of rotatable bonds is 5. The number of hydrogen-bond acceptors (Lipinski definition) is 3. The van der Waals surface area contributed by atoms with Crippen molar-refractivity contribution in [1.29, 1.82) is 0 Å². The normalized spacial score (nSPS) is 25.7. The zero-order chi connectivity index (χ0) is 18.4. The van der Waals surface area contributed by atoms with Crippen LogP contribution in [0.3, 0.4) is 0 Å². The van der Waals surface area contributed by atoms with E-state index in [2.05, 4.69) is 4.90 Å². The molecule has 0 bridgehead atoms. The van der Waals surface area contributed by atoms with Gasteiger partial charge in [-0.3, -0.25) is 9.69 Å². The number of likely N-dealkylation sites (N-methyl/N-ethyl adjacent to an activating group) is 1. The molecule has 0 aromatic heterocycles. The number of carbonyl (C=O) groups excluding carboxylic acids is 1. The molecule has 0 spiro atoms. The molecule has 142 valence electrons. The van der Waals surface area contributed by atoms with Crippen molar-refractivity contribution in [2.75, 3.05) is 13.6 Å². The van der Waals surface area contributed by atoms with Crippen LogP contribution in [0.2, 0.25) is 10.0 Å². The van der Waals surface area contributed by atoms with Crippen molar-refractivity contribution in [1.82, 2.24) is 9.80 Å². The van der Waals surface area contributed by atoms with Crippen molar-refractivity contribution in [3.63, 3.8) is 0 Å². The van der Waals surface area contributed by atoms with E-state index in [0.29, 0.717) is 35.1 Å². The van der Waals surface area contributed by atoms with Crippen molar-refractivity contribution >= 4 is 29.1 Å². The Morgan fingerprint density at radius 1 is 1.15 bits per heavy atom. The van der Waals surface area contributed by atoms with Crippen molar-refractivity contribution in [3.05, 3.63) is 33.3 Å². The Labute approximate surface area is 165 Å². The van der Waals surface area contributed by atoms with Gasteiger partial charge >= 0.3 is 0 Å². The smallest absolute Gasteiger partial charge is 0.237 e. The van der Waals surface area contributed by atoms with Crippen LogP contribution >= 0.6 is 23.2 Å². The first-order valence-corrected chi connectivity index (χ1v) is 10.4. The van der Waals surface area contributed by atoms with Crippen LogP contribution in [0.15, 0.2) is 12.1 Å². The first kappa shape index (κ1) is 18.5. The summed E-state index contributed by atoms with van der Waals surface area (Å²) in [6.07, 6.45) is 6.91. The van der Waals surface area contributed by atoms with Gasteiger partial charge in [-0.05, 0) is 56.0 Å². The van der Waals surface area contributed by atoms with E-state index in [1.165, 1.54) is 12.8 Å². The second kappa shape index (κ2) is 7.31. The second-order valence-electron chi connectivity index (χ2n) is 8.06. The molecule has 26 heavy (non-hydrogen) atoms. The predicted molar refractivity (Wildman–Crippen MR) is 104 cm³/mol. The van der Waals surface area contributed by atoms with Gasteiger partial charge in [0.15, 0.2) is 0 Å². The van der Waals surface area contributed by atoms with E-state index in [1.54, 1.807) is 6.07 Å². The summed E-state index contributed by atoms with van der Waals surface area (Å²) in [6, 6.07) is 4.20. The van der Waals surface area contributed by atoms with Crippen molar-refractivity contribution in [2.45, 2.75) is 69.2 Å². The molecule has 0 aliphatic heterocycles. The van der Waals surface area contributed by atoms with E-state index in [-0.39, 0.29) is 11.9 Å². The maximum atomic E-state index is 13.1. The van der Waals surface area contributed by atoms with Crippen LogP contribution in [0, 0.1) is 0 Å². The molecule has 4 rings (SSSR count). The minimum absolute atomic E-state index is 0.190. The standard InChI is InChI=1S/C20H26Cl2N2O2/c1-23(11-19(26)24(14-6-7-14)13-4-2-3-5-13)20-16-8-12(21)9-17(22)15(16)10-18(20)25/h8-9,13-14,18,20,25H,2-7,10-11H2,1H3. The van der Waals surface area contributed by atoms with Gasteiger partial charge in [0.1, 0.15) is 0 Å². The summed E-state index contributed by atoms with van der Waals surface area (Å²) in [4.78, 5) is 17.2. The summed E-state index contributed by atoms with van der Waals surface area (Å²) in [5, 5.41) is 11.8. The quantitative estimate of drug-likeness (QED) is 0.822. The first-order chi connectivity index (χ1) is 12.5. The summed E-state index contributed by atoms with van der Waals surface area (Å²) in [5.74, 6) is 0.190. The van der Waals surface area contributed by atoms with Crippen molar-refractivity contribution in [2.24, 2.45) is 0 Å². The number of carbonyl (C=O) groups is 1. The fourth-order valence-corrected chi connectivity index (χ4v) is 5.38. The Hall–Kier alpha value is -0.810. The van der Waals surface area contributed by atoms with Gasteiger partial charge in [0.25, 0.3) is 0 Å². The van der Waals surface area contributed by atoms with Gasteiger partial charge in [-0.2, -0.15) is 0 Å². The van der Waals surface area contributed by atoms with Gasteiger partial charge in [0.05, 0.1) is 18.7 Å². The van der Waals surface area contributed by atoms with Gasteiger partial charge < -0.3 is 10.0 Å². The Kier molecular flexibility index (Phi) is 5.21. The average molecular weight is 397 g/mol. The molecule has 1 aromatic rings. The minimum atomic E-state index is -0.570. The Bertz CT molecular complexity index is 701. The van der Waals surface area contributed by atoms with Crippen molar-refractivity contribution in [3.8, 4) is 0 Å². The zero-order valence-electron chi connectivity index (χ0n) is 15.1. The van der Waals surface area contributed by atoms with Crippen LogP contribution in [0.1, 0.15) is 55.7 Å². The lowest BCUT2D eigenvalue weighted by atomic mass is 10.1. The first-order valence-electron chi connectivity index (χ1n) is 9.63. The van der Waals surface area contributed by atoms with Gasteiger partial charge in [-0.25, -0.2) is 0 Å². The summed E-state index contributed by atoms with van der Waals surface area (Å²) in [5.41, 5.74) is 1.90. The molecule has 0 radical (unpaired) electrons. The monoisotopic (exact) mass is 396 g/mol. The fourth-order valence-electron chi connectivity index (χ4n) is 4.80. The average Bonchev–Trinajstić information content (AvgIpc) is 3.12. The number of hydrogen-bond donors (Lipinski definition) is 1. The third-order valence-corrected chi connectivity index (χ3v) is 6.65. The highest BCUT2D eigenvalue weighted by Gasteiger charge is 2.41. The molecule has 2 fully saturated rings. The molecule has 1 aromatic carbocycles. The summed E-state index contributed by atoms with van der Waals surface area (Å²) in [6.45, 7) is 0.318. The Morgan fingerprint density at radius 2 is 1.81 bits per heavy atom. The molecule has 2 unspecified atom stereocenters. The predicted octanol–water partition coefficient (Wildman–Crippen LogP) is 3.82. The maximum Gasteiger partial charge on any atom is 0.237 e. The molecule has 0 saturated heterocycles. The van der Waals surface area contributed by atoms with Crippen LogP contribution in [0.4, 0.5) is 0 Å².